The van der Waals surface area contributed by atoms with E-state index in [0.29, 0.717) is 10.0 Å². The second-order valence-electron chi connectivity index (χ2n) is 5.03. The van der Waals surface area contributed by atoms with Gasteiger partial charge < -0.3 is 10.1 Å². The van der Waals surface area contributed by atoms with Crippen molar-refractivity contribution >= 4 is 23.2 Å². The minimum Gasteiger partial charge on any atom is -0.496 e. The van der Waals surface area contributed by atoms with Gasteiger partial charge in [0.2, 0.25) is 0 Å². The molecule has 4 heteroatoms. The molecule has 0 saturated heterocycles. The van der Waals surface area contributed by atoms with E-state index in [1.165, 1.54) is 5.56 Å². The molecule has 2 aromatic rings. The maximum Gasteiger partial charge on any atom is 0.127 e. The smallest absolute Gasteiger partial charge is 0.127 e. The molecule has 0 bridgehead atoms. The molecule has 0 aromatic heterocycles. The third-order valence-electron chi connectivity index (χ3n) is 3.79. The summed E-state index contributed by atoms with van der Waals surface area (Å²) in [6.07, 6.45) is 0. The summed E-state index contributed by atoms with van der Waals surface area (Å²) in [6.45, 7) is 4.15. The molecule has 0 heterocycles. The molecule has 0 aliphatic carbocycles. The van der Waals surface area contributed by atoms with Crippen molar-refractivity contribution < 1.29 is 4.74 Å². The van der Waals surface area contributed by atoms with Gasteiger partial charge in [-0.15, -0.1) is 0 Å². The van der Waals surface area contributed by atoms with E-state index in [9.17, 15) is 0 Å². The topological polar surface area (TPSA) is 21.3 Å². The lowest BCUT2D eigenvalue weighted by Gasteiger charge is -2.22. The molecule has 0 saturated carbocycles. The van der Waals surface area contributed by atoms with Crippen molar-refractivity contribution in [3.8, 4) is 5.75 Å². The molecule has 2 nitrogen and oxygen atoms in total. The summed E-state index contributed by atoms with van der Waals surface area (Å²) in [7, 11) is 3.62. The zero-order chi connectivity index (χ0) is 15.6. The van der Waals surface area contributed by atoms with Crippen LogP contribution in [0.4, 0.5) is 0 Å². The van der Waals surface area contributed by atoms with Gasteiger partial charge in [-0.05, 0) is 49.7 Å². The molecule has 1 unspecified atom stereocenters. The highest BCUT2D eigenvalue weighted by Crippen LogP contribution is 2.35. The SMILES string of the molecule is CNC(c1ccc(Cl)c(Cl)c1)c1ccc(C)c(C)c1OC. The molecular weight excluding hydrogens is 305 g/mol. The normalized spacial score (nSPS) is 12.3. The van der Waals surface area contributed by atoms with Crippen LogP contribution in [-0.4, -0.2) is 14.2 Å². The summed E-state index contributed by atoms with van der Waals surface area (Å²) in [4.78, 5) is 0. The molecule has 0 radical (unpaired) electrons. The van der Waals surface area contributed by atoms with Gasteiger partial charge in [0.05, 0.1) is 23.2 Å². The summed E-state index contributed by atoms with van der Waals surface area (Å²) in [5, 5.41) is 4.43. The van der Waals surface area contributed by atoms with Crippen LogP contribution in [-0.2, 0) is 0 Å². The van der Waals surface area contributed by atoms with Crippen LogP contribution in [0, 0.1) is 13.8 Å². The number of hydrogen-bond acceptors (Lipinski definition) is 2. The standard InChI is InChI=1S/C17H19Cl2NO/c1-10-5-7-13(17(21-4)11(10)2)16(20-3)12-6-8-14(18)15(19)9-12/h5-9,16,20H,1-4H3. The summed E-state index contributed by atoms with van der Waals surface area (Å²) in [6, 6.07) is 9.87. The third kappa shape index (κ3) is 3.18. The van der Waals surface area contributed by atoms with E-state index in [1.54, 1.807) is 7.11 Å². The number of methoxy groups -OCH3 is 1. The number of rotatable bonds is 4. The maximum absolute atomic E-state index is 6.14. The lowest BCUT2D eigenvalue weighted by molar-refractivity contribution is 0.402. The Hall–Kier alpha value is -1.22. The van der Waals surface area contributed by atoms with E-state index in [-0.39, 0.29) is 6.04 Å². The second-order valence-corrected chi connectivity index (χ2v) is 5.84. The lowest BCUT2D eigenvalue weighted by atomic mass is 9.94. The summed E-state index contributed by atoms with van der Waals surface area (Å²) in [5.74, 6) is 0.903. The van der Waals surface area contributed by atoms with Crippen molar-refractivity contribution in [2.45, 2.75) is 19.9 Å². The second kappa shape index (κ2) is 6.69. The Morgan fingerprint density at radius 3 is 2.33 bits per heavy atom. The van der Waals surface area contributed by atoms with E-state index in [0.717, 1.165) is 22.4 Å². The quantitative estimate of drug-likeness (QED) is 0.861. The predicted octanol–water partition coefficient (Wildman–Crippen LogP) is 4.93. The Morgan fingerprint density at radius 1 is 1.05 bits per heavy atom. The molecule has 21 heavy (non-hydrogen) atoms. The number of halogens is 2. The van der Waals surface area contributed by atoms with Crippen LogP contribution in [0.15, 0.2) is 30.3 Å². The van der Waals surface area contributed by atoms with Crippen molar-refractivity contribution in [2.24, 2.45) is 0 Å². The lowest BCUT2D eigenvalue weighted by Crippen LogP contribution is -2.19. The number of aryl methyl sites for hydroxylation is 1. The van der Waals surface area contributed by atoms with Gasteiger partial charge in [-0.1, -0.05) is 41.4 Å². The Morgan fingerprint density at radius 2 is 1.76 bits per heavy atom. The van der Waals surface area contributed by atoms with Crippen LogP contribution in [0.3, 0.4) is 0 Å². The highest BCUT2D eigenvalue weighted by Gasteiger charge is 2.19. The number of ether oxygens (including phenoxy) is 1. The van der Waals surface area contributed by atoms with Gasteiger partial charge in [-0.2, -0.15) is 0 Å². The molecule has 0 amide bonds. The molecular formula is C17H19Cl2NO. The van der Waals surface area contributed by atoms with Crippen LogP contribution in [0.2, 0.25) is 10.0 Å². The van der Waals surface area contributed by atoms with Gasteiger partial charge in [-0.3, -0.25) is 0 Å². The van der Waals surface area contributed by atoms with Crippen molar-refractivity contribution in [2.75, 3.05) is 14.2 Å². The first-order valence-corrected chi connectivity index (χ1v) is 7.51. The van der Waals surface area contributed by atoms with E-state index >= 15 is 0 Å². The monoisotopic (exact) mass is 323 g/mol. The molecule has 0 fully saturated rings. The molecule has 2 rings (SSSR count). The molecule has 0 aliphatic heterocycles. The Bertz CT molecular complexity index is 655. The van der Waals surface area contributed by atoms with E-state index in [2.05, 4.69) is 31.3 Å². The molecule has 2 aromatic carbocycles. The first kappa shape index (κ1) is 16.2. The molecule has 112 valence electrons. The number of nitrogens with one attached hydrogen (secondary N) is 1. The van der Waals surface area contributed by atoms with Gasteiger partial charge in [0.15, 0.2) is 0 Å². The zero-order valence-electron chi connectivity index (χ0n) is 12.6. The minimum absolute atomic E-state index is 0.00554. The Kier molecular flexibility index (Phi) is 5.15. The number of hydrogen-bond donors (Lipinski definition) is 1. The average molecular weight is 324 g/mol. The van der Waals surface area contributed by atoms with Crippen molar-refractivity contribution in [1.82, 2.24) is 5.32 Å². The molecule has 1 N–H and O–H groups in total. The summed E-state index contributed by atoms with van der Waals surface area (Å²) < 4.78 is 5.62. The predicted molar refractivity (Wildman–Crippen MR) is 89.8 cm³/mol. The van der Waals surface area contributed by atoms with Crippen LogP contribution in [0.5, 0.6) is 5.75 Å². The van der Waals surface area contributed by atoms with Gasteiger partial charge >= 0.3 is 0 Å². The van der Waals surface area contributed by atoms with Crippen LogP contribution >= 0.6 is 23.2 Å². The van der Waals surface area contributed by atoms with Crippen LogP contribution in [0.1, 0.15) is 28.3 Å². The highest BCUT2D eigenvalue weighted by molar-refractivity contribution is 6.42. The fourth-order valence-corrected chi connectivity index (χ4v) is 2.81. The Balaban J connectivity index is 2.56. The van der Waals surface area contributed by atoms with Gasteiger partial charge in [0.1, 0.15) is 5.75 Å². The van der Waals surface area contributed by atoms with Crippen LogP contribution < -0.4 is 10.1 Å². The fraction of sp³-hybridized carbons (Fsp3) is 0.294. The van der Waals surface area contributed by atoms with Crippen molar-refractivity contribution in [3.05, 3.63) is 62.6 Å². The Labute approximate surface area is 136 Å². The average Bonchev–Trinajstić information content (AvgIpc) is 2.47. The van der Waals surface area contributed by atoms with Gasteiger partial charge in [0.25, 0.3) is 0 Å². The van der Waals surface area contributed by atoms with Gasteiger partial charge in [-0.25, -0.2) is 0 Å². The first-order valence-electron chi connectivity index (χ1n) is 6.76. The van der Waals surface area contributed by atoms with E-state index in [4.69, 9.17) is 27.9 Å². The number of benzene rings is 2. The minimum atomic E-state index is -0.00554. The van der Waals surface area contributed by atoms with Crippen molar-refractivity contribution in [3.63, 3.8) is 0 Å². The zero-order valence-corrected chi connectivity index (χ0v) is 14.1. The largest absolute Gasteiger partial charge is 0.496 e. The van der Waals surface area contributed by atoms with E-state index < -0.39 is 0 Å². The first-order chi connectivity index (χ1) is 9.99. The maximum atomic E-state index is 6.14. The summed E-state index contributed by atoms with van der Waals surface area (Å²) >= 11 is 12.1. The molecule has 0 aliphatic rings. The van der Waals surface area contributed by atoms with Crippen molar-refractivity contribution in [1.29, 1.82) is 0 Å². The molecule has 0 spiro atoms. The summed E-state index contributed by atoms with van der Waals surface area (Å²) in [5.41, 5.74) is 4.49. The van der Waals surface area contributed by atoms with Crippen LogP contribution in [0.25, 0.3) is 0 Å². The van der Waals surface area contributed by atoms with E-state index in [1.807, 2.05) is 25.2 Å². The fourth-order valence-electron chi connectivity index (χ4n) is 2.50. The highest BCUT2D eigenvalue weighted by atomic mass is 35.5. The van der Waals surface area contributed by atoms with Gasteiger partial charge in [0, 0.05) is 5.56 Å². The third-order valence-corrected chi connectivity index (χ3v) is 4.53. The molecule has 1 atom stereocenters.